The van der Waals surface area contributed by atoms with Crippen molar-refractivity contribution in [3.8, 4) is 11.1 Å². The highest BCUT2D eigenvalue weighted by molar-refractivity contribution is 6.34. The Kier molecular flexibility index (Phi) is 4.98. The molecule has 4 aromatic rings. The number of aromatic nitrogens is 3. The van der Waals surface area contributed by atoms with Crippen molar-refractivity contribution in [2.75, 3.05) is 16.4 Å². The number of benzene rings is 2. The number of urea groups is 1. The molecule has 2 heterocycles. The van der Waals surface area contributed by atoms with Gasteiger partial charge in [-0.1, -0.05) is 35.9 Å². The Balaban J connectivity index is 1.42. The number of pyridine rings is 1. The fourth-order valence-corrected chi connectivity index (χ4v) is 4.18. The third kappa shape index (κ3) is 3.76. The molecular formula is C24H23ClN6O. The van der Waals surface area contributed by atoms with Crippen LogP contribution in [0.2, 0.25) is 5.02 Å². The van der Waals surface area contributed by atoms with E-state index in [2.05, 4.69) is 21.8 Å². The van der Waals surface area contributed by atoms with Gasteiger partial charge in [0, 0.05) is 24.3 Å². The van der Waals surface area contributed by atoms with E-state index in [1.165, 1.54) is 0 Å². The Hall–Kier alpha value is -3.58. The number of nitrogens with zero attached hydrogens (tertiary/aromatic N) is 3. The standard InChI is InChI=1S/C24H23ClN6O/c1-13-4-3-5-18(25)21(13)29-24(32)27-16-10-8-14(9-11-16)17-12-19(15-6-7-15)28-23-20(17)22(26)30-31(23)2/h3-5,8-12,15H,6-7H2,1-2H3,(H2,26,30)(H2,27,29,32). The van der Waals surface area contributed by atoms with Gasteiger partial charge in [0.25, 0.3) is 0 Å². The molecule has 0 spiro atoms. The molecule has 0 radical (unpaired) electrons. The van der Waals surface area contributed by atoms with E-state index in [0.29, 0.717) is 28.1 Å². The largest absolute Gasteiger partial charge is 0.382 e. The Bertz CT molecular complexity index is 1320. The molecule has 8 heteroatoms. The third-order valence-corrected chi connectivity index (χ3v) is 6.07. The fraction of sp³-hybridized carbons (Fsp3) is 0.208. The zero-order valence-electron chi connectivity index (χ0n) is 17.8. The first-order valence-corrected chi connectivity index (χ1v) is 10.8. The van der Waals surface area contributed by atoms with Gasteiger partial charge in [0.05, 0.1) is 16.1 Å². The zero-order chi connectivity index (χ0) is 22.4. The maximum atomic E-state index is 12.5. The normalized spacial score (nSPS) is 13.3. The van der Waals surface area contributed by atoms with Crippen LogP contribution < -0.4 is 16.4 Å². The van der Waals surface area contributed by atoms with Crippen molar-refractivity contribution >= 4 is 45.9 Å². The lowest BCUT2D eigenvalue weighted by atomic mass is 10.0. The van der Waals surface area contributed by atoms with Gasteiger partial charge >= 0.3 is 6.03 Å². The molecule has 1 saturated carbocycles. The van der Waals surface area contributed by atoms with Crippen LogP contribution >= 0.6 is 11.6 Å². The molecule has 7 nitrogen and oxygen atoms in total. The average molecular weight is 447 g/mol. The average Bonchev–Trinajstić information content (AvgIpc) is 3.57. The van der Waals surface area contributed by atoms with Crippen molar-refractivity contribution in [2.24, 2.45) is 7.05 Å². The van der Waals surface area contributed by atoms with Gasteiger partial charge in [-0.2, -0.15) is 5.10 Å². The second-order valence-corrected chi connectivity index (χ2v) is 8.57. The van der Waals surface area contributed by atoms with Crippen LogP contribution in [0.3, 0.4) is 0 Å². The molecule has 5 rings (SSSR count). The second-order valence-electron chi connectivity index (χ2n) is 8.16. The number of para-hydroxylation sites is 1. The molecule has 1 aliphatic carbocycles. The number of nitrogens with two attached hydrogens (primary N) is 1. The predicted octanol–water partition coefficient (Wildman–Crippen LogP) is 5.70. The molecule has 1 fully saturated rings. The van der Waals surface area contributed by atoms with Crippen LogP contribution in [0.25, 0.3) is 22.2 Å². The number of nitrogen functional groups attached to an aromatic ring is 1. The summed E-state index contributed by atoms with van der Waals surface area (Å²) in [6, 6.07) is 14.9. The number of carbonyl (C=O) groups excluding carboxylic acids is 1. The summed E-state index contributed by atoms with van der Waals surface area (Å²) in [6.07, 6.45) is 2.32. The van der Waals surface area contributed by atoms with Crippen molar-refractivity contribution in [3.05, 3.63) is 64.8 Å². The van der Waals surface area contributed by atoms with Gasteiger partial charge in [-0.15, -0.1) is 0 Å². The number of fused-ring (bicyclic) bond motifs is 1. The van der Waals surface area contributed by atoms with Crippen molar-refractivity contribution in [2.45, 2.75) is 25.7 Å². The van der Waals surface area contributed by atoms with Gasteiger partial charge in [0.15, 0.2) is 11.5 Å². The number of nitrogens with one attached hydrogen (secondary N) is 2. The quantitative estimate of drug-likeness (QED) is 0.374. The summed E-state index contributed by atoms with van der Waals surface area (Å²) in [7, 11) is 1.86. The molecule has 4 N–H and O–H groups in total. The predicted molar refractivity (Wildman–Crippen MR) is 129 cm³/mol. The van der Waals surface area contributed by atoms with E-state index in [4.69, 9.17) is 22.3 Å². The Morgan fingerprint density at radius 1 is 1.16 bits per heavy atom. The zero-order valence-corrected chi connectivity index (χ0v) is 18.6. The number of hydrogen-bond donors (Lipinski definition) is 3. The smallest absolute Gasteiger partial charge is 0.323 e. The first-order valence-electron chi connectivity index (χ1n) is 10.5. The number of aryl methyl sites for hydroxylation is 2. The highest BCUT2D eigenvalue weighted by Crippen LogP contribution is 2.42. The minimum atomic E-state index is -0.354. The van der Waals surface area contributed by atoms with Crippen molar-refractivity contribution in [3.63, 3.8) is 0 Å². The fourth-order valence-electron chi connectivity index (χ4n) is 3.91. The van der Waals surface area contributed by atoms with E-state index < -0.39 is 0 Å². The van der Waals surface area contributed by atoms with Crippen molar-refractivity contribution < 1.29 is 4.79 Å². The highest BCUT2D eigenvalue weighted by Gasteiger charge is 2.27. The number of amides is 2. The molecule has 32 heavy (non-hydrogen) atoms. The van der Waals surface area contributed by atoms with Crippen LogP contribution in [-0.4, -0.2) is 20.8 Å². The lowest BCUT2D eigenvalue weighted by Crippen LogP contribution is -2.20. The molecule has 0 bridgehead atoms. The molecule has 0 saturated heterocycles. The first-order chi connectivity index (χ1) is 15.4. The third-order valence-electron chi connectivity index (χ3n) is 5.75. The van der Waals surface area contributed by atoms with Crippen LogP contribution in [0, 0.1) is 6.92 Å². The molecular weight excluding hydrogens is 424 g/mol. The summed E-state index contributed by atoms with van der Waals surface area (Å²) in [5, 5.41) is 11.4. The number of hydrogen-bond acceptors (Lipinski definition) is 4. The molecule has 2 aromatic heterocycles. The lowest BCUT2D eigenvalue weighted by Gasteiger charge is -2.12. The summed E-state index contributed by atoms with van der Waals surface area (Å²) < 4.78 is 1.73. The van der Waals surface area contributed by atoms with Gasteiger partial charge in [0.1, 0.15) is 0 Å². The van der Waals surface area contributed by atoms with Crippen molar-refractivity contribution in [1.82, 2.24) is 14.8 Å². The molecule has 0 aliphatic heterocycles. The summed E-state index contributed by atoms with van der Waals surface area (Å²) in [4.78, 5) is 17.3. The van der Waals surface area contributed by atoms with E-state index in [1.54, 1.807) is 10.7 Å². The number of anilines is 3. The van der Waals surface area contributed by atoms with E-state index in [-0.39, 0.29) is 6.03 Å². The Labute approximate surface area is 190 Å². The second kappa shape index (κ2) is 7.84. The van der Waals surface area contributed by atoms with Gasteiger partial charge in [-0.3, -0.25) is 0 Å². The van der Waals surface area contributed by atoms with E-state index in [9.17, 15) is 4.79 Å². The van der Waals surface area contributed by atoms with E-state index in [0.717, 1.165) is 46.3 Å². The summed E-state index contributed by atoms with van der Waals surface area (Å²) >= 11 is 6.20. The molecule has 0 unspecified atom stereocenters. The SMILES string of the molecule is Cc1cccc(Cl)c1NC(=O)Nc1ccc(-c2cc(C3CC3)nc3c2c(N)nn3C)cc1. The van der Waals surface area contributed by atoms with Gasteiger partial charge in [-0.05, 0) is 60.7 Å². The van der Waals surface area contributed by atoms with Crippen LogP contribution in [-0.2, 0) is 7.05 Å². The number of carbonyl (C=O) groups is 1. The minimum Gasteiger partial charge on any atom is -0.382 e. The molecule has 1 aliphatic rings. The van der Waals surface area contributed by atoms with Gasteiger partial charge < -0.3 is 16.4 Å². The van der Waals surface area contributed by atoms with E-state index >= 15 is 0 Å². The Morgan fingerprint density at radius 3 is 2.59 bits per heavy atom. The molecule has 162 valence electrons. The van der Waals surface area contributed by atoms with Gasteiger partial charge in [0.2, 0.25) is 0 Å². The maximum absolute atomic E-state index is 12.5. The molecule has 2 amide bonds. The van der Waals surface area contributed by atoms with Crippen LogP contribution in [0.1, 0.15) is 30.0 Å². The summed E-state index contributed by atoms with van der Waals surface area (Å²) in [6.45, 7) is 1.89. The lowest BCUT2D eigenvalue weighted by molar-refractivity contribution is 0.262. The highest BCUT2D eigenvalue weighted by atomic mass is 35.5. The number of halogens is 1. The molecule has 0 atom stereocenters. The first kappa shape index (κ1) is 20.3. The summed E-state index contributed by atoms with van der Waals surface area (Å²) in [5.41, 5.74) is 12.2. The van der Waals surface area contributed by atoms with Crippen molar-refractivity contribution in [1.29, 1.82) is 0 Å². The number of rotatable bonds is 4. The molecule has 2 aromatic carbocycles. The monoisotopic (exact) mass is 446 g/mol. The summed E-state index contributed by atoms with van der Waals surface area (Å²) in [5.74, 6) is 0.969. The van der Waals surface area contributed by atoms with E-state index in [1.807, 2.05) is 50.4 Å². The van der Waals surface area contributed by atoms with Crippen LogP contribution in [0.4, 0.5) is 22.0 Å². The van der Waals surface area contributed by atoms with Crippen LogP contribution in [0.15, 0.2) is 48.5 Å². The van der Waals surface area contributed by atoms with Crippen LogP contribution in [0.5, 0.6) is 0 Å². The van der Waals surface area contributed by atoms with Gasteiger partial charge in [-0.25, -0.2) is 14.5 Å². The maximum Gasteiger partial charge on any atom is 0.323 e. The topological polar surface area (TPSA) is 97.9 Å². The Morgan fingerprint density at radius 2 is 1.91 bits per heavy atom. The minimum absolute atomic E-state index is 0.354.